The third-order valence-electron chi connectivity index (χ3n) is 4.28. The van der Waals surface area contributed by atoms with Crippen LogP contribution in [-0.4, -0.2) is 19.7 Å². The van der Waals surface area contributed by atoms with Crippen molar-refractivity contribution in [3.05, 3.63) is 77.2 Å². The lowest BCUT2D eigenvalue weighted by Crippen LogP contribution is -2.09. The Morgan fingerprint density at radius 2 is 1.60 bits per heavy atom. The quantitative estimate of drug-likeness (QED) is 0.174. The van der Waals surface area contributed by atoms with Crippen LogP contribution in [0.15, 0.2) is 71.8 Å². The maximum Gasteiger partial charge on any atom is 0.229 e. The van der Waals surface area contributed by atoms with Crippen molar-refractivity contribution in [2.45, 2.75) is 0 Å². The van der Waals surface area contributed by atoms with Gasteiger partial charge in [0, 0.05) is 32.7 Å². The van der Waals surface area contributed by atoms with Gasteiger partial charge in [0.2, 0.25) is 10.0 Å². The summed E-state index contributed by atoms with van der Waals surface area (Å²) < 4.78 is 25.2. The van der Waals surface area contributed by atoms with E-state index in [4.69, 9.17) is 5.53 Å². The van der Waals surface area contributed by atoms with Crippen molar-refractivity contribution < 1.29 is 8.42 Å². The van der Waals surface area contributed by atoms with E-state index in [0.29, 0.717) is 11.4 Å². The van der Waals surface area contributed by atoms with E-state index >= 15 is 0 Å². The number of nitrogens with one attached hydrogen (secondary N) is 2. The van der Waals surface area contributed by atoms with Gasteiger partial charge < -0.3 is 5.32 Å². The topological polar surface area (TPSA) is 120 Å². The normalized spacial score (nSPS) is 10.8. The average Bonchev–Trinajstić information content (AvgIpc) is 2.68. The van der Waals surface area contributed by atoms with Crippen LogP contribution in [0.25, 0.3) is 32.2 Å². The van der Waals surface area contributed by atoms with E-state index in [0.717, 1.165) is 39.4 Å². The van der Waals surface area contributed by atoms with Crippen LogP contribution in [0.1, 0.15) is 0 Å². The zero-order valence-electron chi connectivity index (χ0n) is 15.8. The van der Waals surface area contributed by atoms with Gasteiger partial charge in [0.05, 0.1) is 23.0 Å². The van der Waals surface area contributed by atoms with Gasteiger partial charge in [0.25, 0.3) is 0 Å². The highest BCUT2D eigenvalue weighted by atomic mass is 35.5. The lowest BCUT2D eigenvalue weighted by Gasteiger charge is -2.14. The summed E-state index contributed by atoms with van der Waals surface area (Å²) in [5.41, 5.74) is 12.9. The summed E-state index contributed by atoms with van der Waals surface area (Å²) in [7, 11) is -3.34. The monoisotopic (exact) mass is 440 g/mol. The molecule has 0 aliphatic rings. The lowest BCUT2D eigenvalue weighted by molar-refractivity contribution is 0.607. The zero-order valence-corrected chi connectivity index (χ0v) is 17.4. The maximum absolute atomic E-state index is 11.4. The molecule has 0 spiro atoms. The molecule has 0 fully saturated rings. The number of halogens is 1. The number of nitrogens with zero attached hydrogens (tertiary/aromatic N) is 4. The van der Waals surface area contributed by atoms with Crippen molar-refractivity contribution in [1.29, 1.82) is 0 Å². The minimum absolute atomic E-state index is 0. The molecule has 0 aliphatic heterocycles. The van der Waals surface area contributed by atoms with Gasteiger partial charge in [0.15, 0.2) is 0 Å². The van der Waals surface area contributed by atoms with E-state index in [2.05, 4.69) is 25.0 Å². The predicted octanol–water partition coefficient (Wildman–Crippen LogP) is 5.87. The van der Waals surface area contributed by atoms with Crippen LogP contribution in [0.5, 0.6) is 0 Å². The molecular weight excluding hydrogens is 424 g/mol. The SMILES string of the molecule is CS(=O)(=O)Nc1ccc(Nc2c3ccccc3nc3ccc(N=[N+]=[N-])cc23)cc1.Cl. The Labute approximate surface area is 179 Å². The Morgan fingerprint density at radius 1 is 0.933 bits per heavy atom. The van der Waals surface area contributed by atoms with Crippen molar-refractivity contribution in [3.63, 3.8) is 0 Å². The number of rotatable bonds is 5. The summed E-state index contributed by atoms with van der Waals surface area (Å²) in [5, 5.41) is 8.81. The van der Waals surface area contributed by atoms with Crippen LogP contribution in [0, 0.1) is 0 Å². The Kier molecular flexibility index (Phi) is 5.98. The summed E-state index contributed by atoms with van der Waals surface area (Å²) in [6.45, 7) is 0. The lowest BCUT2D eigenvalue weighted by atomic mass is 10.1. The van der Waals surface area contributed by atoms with E-state index in [1.54, 1.807) is 36.4 Å². The Hall–Kier alpha value is -3.52. The first-order chi connectivity index (χ1) is 13.9. The smallest absolute Gasteiger partial charge is 0.229 e. The molecule has 4 aromatic rings. The average molecular weight is 441 g/mol. The first kappa shape index (κ1) is 21.2. The first-order valence-electron chi connectivity index (χ1n) is 8.65. The zero-order chi connectivity index (χ0) is 20.4. The van der Waals surface area contributed by atoms with Crippen LogP contribution in [-0.2, 0) is 10.0 Å². The van der Waals surface area contributed by atoms with Gasteiger partial charge in [-0.25, -0.2) is 13.4 Å². The number of fused-ring (bicyclic) bond motifs is 2. The number of hydrogen-bond donors (Lipinski definition) is 2. The molecule has 1 heterocycles. The highest BCUT2D eigenvalue weighted by Crippen LogP contribution is 2.35. The van der Waals surface area contributed by atoms with E-state index in [1.165, 1.54) is 0 Å². The number of aromatic nitrogens is 1. The van der Waals surface area contributed by atoms with E-state index in [9.17, 15) is 8.42 Å². The molecule has 152 valence electrons. The second-order valence-corrected chi connectivity index (χ2v) is 8.22. The summed E-state index contributed by atoms with van der Waals surface area (Å²) in [5.74, 6) is 0. The van der Waals surface area contributed by atoms with Gasteiger partial charge >= 0.3 is 0 Å². The van der Waals surface area contributed by atoms with Gasteiger partial charge in [-0.1, -0.05) is 29.4 Å². The fraction of sp³-hybridized carbons (Fsp3) is 0.0500. The fourth-order valence-corrected chi connectivity index (χ4v) is 3.67. The molecule has 4 rings (SSSR count). The molecule has 0 saturated carbocycles. The van der Waals surface area contributed by atoms with E-state index in [1.807, 2.05) is 30.3 Å². The molecule has 3 aromatic carbocycles. The van der Waals surface area contributed by atoms with Crippen LogP contribution in [0.4, 0.5) is 22.7 Å². The van der Waals surface area contributed by atoms with Gasteiger partial charge in [-0.05, 0) is 48.0 Å². The summed E-state index contributed by atoms with van der Waals surface area (Å²) in [4.78, 5) is 7.54. The summed E-state index contributed by atoms with van der Waals surface area (Å²) in [6, 6.07) is 20.0. The molecule has 0 amide bonds. The molecule has 1 aromatic heterocycles. The van der Waals surface area contributed by atoms with Crippen molar-refractivity contribution in [3.8, 4) is 0 Å². The Morgan fingerprint density at radius 3 is 2.30 bits per heavy atom. The van der Waals surface area contributed by atoms with Crippen molar-refractivity contribution in [2.75, 3.05) is 16.3 Å². The molecule has 0 unspecified atom stereocenters. The third-order valence-corrected chi connectivity index (χ3v) is 4.89. The second kappa shape index (κ2) is 8.46. The summed E-state index contributed by atoms with van der Waals surface area (Å²) >= 11 is 0. The molecule has 0 bridgehead atoms. The molecule has 2 N–H and O–H groups in total. The number of para-hydroxylation sites is 1. The van der Waals surface area contributed by atoms with Gasteiger partial charge in [-0.3, -0.25) is 4.72 Å². The van der Waals surface area contributed by atoms with Crippen molar-refractivity contribution >= 4 is 67.0 Å². The number of anilines is 3. The highest BCUT2D eigenvalue weighted by Gasteiger charge is 2.10. The molecule has 8 nitrogen and oxygen atoms in total. The van der Waals surface area contributed by atoms with Gasteiger partial charge in [-0.15, -0.1) is 12.4 Å². The largest absolute Gasteiger partial charge is 0.354 e. The number of pyridine rings is 1. The van der Waals surface area contributed by atoms with Crippen LogP contribution < -0.4 is 10.0 Å². The molecule has 0 atom stereocenters. The first-order valence-corrected chi connectivity index (χ1v) is 10.5. The number of azide groups is 1. The Bertz CT molecular complexity index is 1380. The molecule has 0 saturated heterocycles. The second-order valence-electron chi connectivity index (χ2n) is 6.47. The van der Waals surface area contributed by atoms with Gasteiger partial charge in [-0.2, -0.15) is 0 Å². The molecule has 30 heavy (non-hydrogen) atoms. The number of sulfonamides is 1. The predicted molar refractivity (Wildman–Crippen MR) is 123 cm³/mol. The van der Waals surface area contributed by atoms with Crippen LogP contribution in [0.3, 0.4) is 0 Å². The number of benzene rings is 3. The van der Waals surface area contributed by atoms with Crippen molar-refractivity contribution in [1.82, 2.24) is 4.98 Å². The van der Waals surface area contributed by atoms with Gasteiger partial charge in [0.1, 0.15) is 0 Å². The highest BCUT2D eigenvalue weighted by molar-refractivity contribution is 7.92. The van der Waals surface area contributed by atoms with Crippen LogP contribution in [0.2, 0.25) is 0 Å². The molecular formula is C20H17ClN6O2S. The van der Waals surface area contributed by atoms with Crippen LogP contribution >= 0.6 is 12.4 Å². The minimum Gasteiger partial charge on any atom is -0.354 e. The van der Waals surface area contributed by atoms with E-state index < -0.39 is 10.0 Å². The standard InChI is InChI=1S/C20H16N6O2S.ClH/c1-29(27,28)25-14-8-6-13(7-9-14)22-20-16-4-2-3-5-18(16)23-19-11-10-15(24-26-21)12-17(19)20;/h2-12,25H,1H3,(H,22,23);1H. The fourth-order valence-electron chi connectivity index (χ4n) is 3.11. The Balaban J connectivity index is 0.00000256. The number of hydrogen-bond acceptors (Lipinski definition) is 5. The molecule has 10 heteroatoms. The summed E-state index contributed by atoms with van der Waals surface area (Å²) in [6.07, 6.45) is 1.11. The van der Waals surface area contributed by atoms with E-state index in [-0.39, 0.29) is 12.4 Å². The third kappa shape index (κ3) is 4.55. The maximum atomic E-state index is 11.4. The molecule has 0 aliphatic carbocycles. The minimum atomic E-state index is -3.34. The molecule has 0 radical (unpaired) electrons. The van der Waals surface area contributed by atoms with Crippen molar-refractivity contribution in [2.24, 2.45) is 5.11 Å².